The first kappa shape index (κ1) is 20.7. The minimum Gasteiger partial charge on any atom is -0.286 e. The second-order valence-electron chi connectivity index (χ2n) is 5.74. The molecule has 120 valence electrons. The van der Waals surface area contributed by atoms with Crippen molar-refractivity contribution in [1.29, 1.82) is 0 Å². The van der Waals surface area contributed by atoms with Gasteiger partial charge in [-0.05, 0) is 17.2 Å². The van der Waals surface area contributed by atoms with Crippen LogP contribution in [0.1, 0.15) is 84.5 Å². The lowest BCUT2D eigenvalue weighted by Gasteiger charge is -2.16. The van der Waals surface area contributed by atoms with Gasteiger partial charge in [-0.25, -0.2) is 0 Å². The molecule has 0 radical (unpaired) electrons. The van der Waals surface area contributed by atoms with Crippen LogP contribution in [0.2, 0.25) is 0 Å². The van der Waals surface area contributed by atoms with Gasteiger partial charge in [0.05, 0.1) is 0 Å². The van der Waals surface area contributed by atoms with E-state index in [-0.39, 0.29) is 16.3 Å². The molecule has 2 atom stereocenters. The molecule has 0 spiro atoms. The number of hydrogen-bond acceptors (Lipinski definition) is 4. The van der Waals surface area contributed by atoms with E-state index in [2.05, 4.69) is 31.2 Å². The van der Waals surface area contributed by atoms with Gasteiger partial charge in [-0.2, -0.15) is 12.6 Å². The smallest absolute Gasteiger partial charge is 0.203 e. The highest BCUT2D eigenvalue weighted by Gasteiger charge is 2.19. The van der Waals surface area contributed by atoms with Crippen molar-refractivity contribution in [2.45, 2.75) is 89.7 Å². The van der Waals surface area contributed by atoms with Crippen LogP contribution in [0.4, 0.5) is 0 Å². The van der Waals surface area contributed by atoms with Crippen molar-refractivity contribution in [1.82, 2.24) is 0 Å². The SMILES string of the molecule is CCCCCCCCCCCCC(S)C(C)C(=O)SS. The summed E-state index contributed by atoms with van der Waals surface area (Å²) in [5.41, 5.74) is 0. The average molecular weight is 337 g/mol. The van der Waals surface area contributed by atoms with Crippen LogP contribution in [-0.4, -0.2) is 10.4 Å². The van der Waals surface area contributed by atoms with E-state index in [0.29, 0.717) is 0 Å². The van der Waals surface area contributed by atoms with Gasteiger partial charge in [0.2, 0.25) is 5.12 Å². The van der Waals surface area contributed by atoms with Crippen LogP contribution in [0.5, 0.6) is 0 Å². The molecule has 0 aromatic rings. The maximum absolute atomic E-state index is 11.5. The summed E-state index contributed by atoms with van der Waals surface area (Å²) in [4.78, 5) is 11.5. The van der Waals surface area contributed by atoms with E-state index < -0.39 is 0 Å². The third-order valence-corrected chi connectivity index (χ3v) is 5.69. The fourth-order valence-electron chi connectivity index (χ4n) is 2.33. The Morgan fingerprint density at radius 2 is 1.40 bits per heavy atom. The first-order valence-corrected chi connectivity index (χ1v) is 10.5. The van der Waals surface area contributed by atoms with Gasteiger partial charge in [0, 0.05) is 11.2 Å². The Labute approximate surface area is 140 Å². The second-order valence-corrected chi connectivity index (χ2v) is 7.53. The molecule has 0 saturated carbocycles. The van der Waals surface area contributed by atoms with E-state index in [1.54, 1.807) is 0 Å². The number of carbonyl (C=O) groups is 1. The Morgan fingerprint density at radius 3 is 1.85 bits per heavy atom. The fourth-order valence-corrected chi connectivity index (χ4v) is 3.58. The standard InChI is InChI=1S/C16H32OS3/c1-3-4-5-6-7-8-9-10-11-12-13-15(18)14(2)16(17)20-19/h14-15,18-19H,3-13H2,1-2H3. The third kappa shape index (κ3) is 11.4. The second kappa shape index (κ2) is 14.6. The zero-order chi connectivity index (χ0) is 15.2. The normalized spacial score (nSPS) is 14.2. The summed E-state index contributed by atoms with van der Waals surface area (Å²) in [6.07, 6.45) is 14.5. The molecule has 0 aromatic heterocycles. The highest BCUT2D eigenvalue weighted by atomic mass is 33.1. The van der Waals surface area contributed by atoms with Crippen LogP contribution in [0.25, 0.3) is 0 Å². The van der Waals surface area contributed by atoms with Crippen LogP contribution in [0, 0.1) is 5.92 Å². The summed E-state index contributed by atoms with van der Waals surface area (Å²) in [5.74, 6) is 0.0133. The van der Waals surface area contributed by atoms with E-state index in [1.807, 2.05) is 6.92 Å². The molecular formula is C16H32OS3. The van der Waals surface area contributed by atoms with E-state index in [9.17, 15) is 4.79 Å². The number of unbranched alkanes of at least 4 members (excludes halogenated alkanes) is 9. The molecule has 1 nitrogen and oxygen atoms in total. The van der Waals surface area contributed by atoms with Crippen LogP contribution in [0.3, 0.4) is 0 Å². The monoisotopic (exact) mass is 336 g/mol. The van der Waals surface area contributed by atoms with Crippen LogP contribution >= 0.6 is 35.1 Å². The molecule has 0 amide bonds. The fraction of sp³-hybridized carbons (Fsp3) is 0.938. The summed E-state index contributed by atoms with van der Waals surface area (Å²) >= 11 is 8.50. The Kier molecular flexibility index (Phi) is 15.2. The summed E-state index contributed by atoms with van der Waals surface area (Å²) < 4.78 is 0. The Balaban J connectivity index is 3.33. The van der Waals surface area contributed by atoms with Crippen molar-refractivity contribution in [2.24, 2.45) is 5.92 Å². The molecule has 4 heteroatoms. The lowest BCUT2D eigenvalue weighted by Crippen LogP contribution is -2.18. The summed E-state index contributed by atoms with van der Waals surface area (Å²) in [6, 6.07) is 0. The molecule has 2 unspecified atom stereocenters. The highest BCUT2D eigenvalue weighted by Crippen LogP contribution is 2.24. The molecular weight excluding hydrogens is 304 g/mol. The van der Waals surface area contributed by atoms with Gasteiger partial charge in [0.25, 0.3) is 0 Å². The maximum atomic E-state index is 11.5. The lowest BCUT2D eigenvalue weighted by molar-refractivity contribution is -0.113. The van der Waals surface area contributed by atoms with Gasteiger partial charge in [-0.15, -0.1) is 11.7 Å². The minimum absolute atomic E-state index is 0.0133. The van der Waals surface area contributed by atoms with Crippen molar-refractivity contribution >= 4 is 40.2 Å². The third-order valence-electron chi connectivity index (χ3n) is 3.89. The number of thiol groups is 2. The topological polar surface area (TPSA) is 17.1 Å². The van der Waals surface area contributed by atoms with Gasteiger partial charge in [0.15, 0.2) is 0 Å². The average Bonchev–Trinajstić information content (AvgIpc) is 2.47. The van der Waals surface area contributed by atoms with Crippen LogP contribution in [0.15, 0.2) is 0 Å². The Morgan fingerprint density at radius 1 is 0.950 bits per heavy atom. The molecule has 0 fully saturated rings. The Bertz CT molecular complexity index is 234. The van der Waals surface area contributed by atoms with E-state index >= 15 is 0 Å². The first-order valence-electron chi connectivity index (χ1n) is 8.16. The Hall–Kier alpha value is 0.720. The summed E-state index contributed by atoms with van der Waals surface area (Å²) in [7, 11) is 1.03. The van der Waals surface area contributed by atoms with E-state index in [0.717, 1.165) is 17.2 Å². The summed E-state index contributed by atoms with van der Waals surface area (Å²) in [6.45, 7) is 4.22. The van der Waals surface area contributed by atoms with Crippen LogP contribution < -0.4 is 0 Å². The van der Waals surface area contributed by atoms with E-state index in [1.165, 1.54) is 64.2 Å². The van der Waals surface area contributed by atoms with Gasteiger partial charge in [-0.1, -0.05) is 78.1 Å². The molecule has 0 saturated heterocycles. The number of hydrogen-bond donors (Lipinski definition) is 2. The predicted molar refractivity (Wildman–Crippen MR) is 100.0 cm³/mol. The first-order chi connectivity index (χ1) is 9.63. The quantitative estimate of drug-likeness (QED) is 0.232. The van der Waals surface area contributed by atoms with Crippen LogP contribution in [-0.2, 0) is 4.79 Å². The zero-order valence-electron chi connectivity index (χ0n) is 13.1. The highest BCUT2D eigenvalue weighted by molar-refractivity contribution is 8.74. The van der Waals surface area contributed by atoms with Gasteiger partial charge in [-0.3, -0.25) is 4.79 Å². The van der Waals surface area contributed by atoms with Crippen molar-refractivity contribution < 1.29 is 4.79 Å². The molecule has 0 aliphatic carbocycles. The molecule has 0 bridgehead atoms. The molecule has 0 heterocycles. The van der Waals surface area contributed by atoms with Crippen molar-refractivity contribution in [3.63, 3.8) is 0 Å². The molecule has 0 N–H and O–H groups in total. The predicted octanol–water partition coefficient (Wildman–Crippen LogP) is 6.34. The number of rotatable bonds is 13. The van der Waals surface area contributed by atoms with Crippen molar-refractivity contribution in [3.8, 4) is 0 Å². The van der Waals surface area contributed by atoms with Crippen molar-refractivity contribution in [3.05, 3.63) is 0 Å². The van der Waals surface area contributed by atoms with Gasteiger partial charge < -0.3 is 0 Å². The minimum atomic E-state index is 0.0133. The zero-order valence-corrected chi connectivity index (χ0v) is 15.7. The lowest BCUT2D eigenvalue weighted by atomic mass is 10.0. The maximum Gasteiger partial charge on any atom is 0.203 e. The molecule has 0 aliphatic rings. The van der Waals surface area contributed by atoms with Gasteiger partial charge in [0.1, 0.15) is 0 Å². The summed E-state index contributed by atoms with van der Waals surface area (Å²) in [5, 5.41) is 0.330. The van der Waals surface area contributed by atoms with Gasteiger partial charge >= 0.3 is 0 Å². The molecule has 0 aromatic carbocycles. The largest absolute Gasteiger partial charge is 0.286 e. The molecule has 0 rings (SSSR count). The molecule has 20 heavy (non-hydrogen) atoms. The van der Waals surface area contributed by atoms with E-state index in [4.69, 9.17) is 0 Å². The molecule has 0 aliphatic heterocycles. The van der Waals surface area contributed by atoms with Crippen molar-refractivity contribution in [2.75, 3.05) is 0 Å². The number of carbonyl (C=O) groups excluding carboxylic acids is 1.